The Bertz CT molecular complexity index is 477. The molecule has 0 saturated heterocycles. The number of nitrogens with one attached hydrogen (secondary N) is 1. The number of phenolic OH excluding ortho intramolecular Hbond substituents is 2. The van der Waals surface area contributed by atoms with E-state index in [0.717, 1.165) is 0 Å². The van der Waals surface area contributed by atoms with Crippen LogP contribution in [0, 0.1) is 0 Å². The molecule has 1 aromatic carbocycles. The van der Waals surface area contributed by atoms with Crippen LogP contribution in [-0.2, 0) is 4.79 Å². The van der Waals surface area contributed by atoms with E-state index in [1.807, 2.05) is 5.43 Å². The van der Waals surface area contributed by atoms with E-state index in [4.69, 9.17) is 5.84 Å². The fraction of sp³-hybridized carbons (Fsp3) is 0.111. The molecule has 17 heavy (non-hydrogen) atoms. The Morgan fingerprint density at radius 1 is 1.47 bits per heavy atom. The smallest absolute Gasteiger partial charge is 0.255 e. The van der Waals surface area contributed by atoms with Crippen LogP contribution in [-0.4, -0.2) is 28.9 Å². The highest BCUT2D eigenvalue weighted by Gasteiger charge is 2.12. The van der Waals surface area contributed by atoms with Gasteiger partial charge in [-0.15, -0.1) is 0 Å². The van der Waals surface area contributed by atoms with Crippen molar-refractivity contribution in [2.24, 2.45) is 10.8 Å². The Hall–Kier alpha value is -1.12. The summed E-state index contributed by atoms with van der Waals surface area (Å²) in [5.41, 5.74) is 2.28. The van der Waals surface area contributed by atoms with Gasteiger partial charge in [0.2, 0.25) is 0 Å². The third-order valence-electron chi connectivity index (χ3n) is 1.82. The number of benzene rings is 1. The minimum atomic E-state index is -0.447. The standard InChI is InChI=1S/C9H9Br2N3O3/c10-5-1-4(2-13-3-6(15)14-12)8(16)7(11)9(5)17/h1-2,16-17H,3,12H2,(H,14,15). The van der Waals surface area contributed by atoms with Crippen molar-refractivity contribution in [3.63, 3.8) is 0 Å². The predicted octanol–water partition coefficient (Wildman–Crippen LogP) is 1.03. The van der Waals surface area contributed by atoms with E-state index in [-0.39, 0.29) is 22.5 Å². The summed E-state index contributed by atoms with van der Waals surface area (Å²) in [4.78, 5) is 14.6. The summed E-state index contributed by atoms with van der Waals surface area (Å²) in [6.07, 6.45) is 1.31. The molecule has 5 N–H and O–H groups in total. The molecule has 0 heterocycles. The zero-order chi connectivity index (χ0) is 13.0. The molecule has 0 bridgehead atoms. The third kappa shape index (κ3) is 3.42. The minimum Gasteiger partial charge on any atom is -0.506 e. The van der Waals surface area contributed by atoms with E-state index in [2.05, 4.69) is 36.9 Å². The molecule has 8 heteroatoms. The fourth-order valence-corrected chi connectivity index (χ4v) is 2.14. The number of carbonyl (C=O) groups excluding carboxylic acids is 1. The molecular formula is C9H9Br2N3O3. The number of hydrazine groups is 1. The SMILES string of the molecule is NNC(=O)CN=Cc1cc(Br)c(O)c(Br)c1O. The van der Waals surface area contributed by atoms with Gasteiger partial charge in [-0.1, -0.05) is 0 Å². The number of hydrogen-bond acceptors (Lipinski definition) is 5. The van der Waals surface area contributed by atoms with Crippen molar-refractivity contribution in [1.82, 2.24) is 5.43 Å². The van der Waals surface area contributed by atoms with E-state index in [1.165, 1.54) is 12.3 Å². The Labute approximate surface area is 114 Å². The van der Waals surface area contributed by atoms with Crippen LogP contribution in [0.25, 0.3) is 0 Å². The van der Waals surface area contributed by atoms with Crippen LogP contribution in [0.3, 0.4) is 0 Å². The number of aromatic hydroxyl groups is 2. The lowest BCUT2D eigenvalue weighted by Crippen LogP contribution is -2.31. The first-order valence-electron chi connectivity index (χ1n) is 4.36. The molecule has 0 aromatic heterocycles. The highest BCUT2D eigenvalue weighted by Crippen LogP contribution is 2.40. The Kier molecular flexibility index (Phi) is 4.91. The van der Waals surface area contributed by atoms with Crippen molar-refractivity contribution in [1.29, 1.82) is 0 Å². The Balaban J connectivity index is 2.96. The van der Waals surface area contributed by atoms with Crippen molar-refractivity contribution in [2.75, 3.05) is 6.54 Å². The van der Waals surface area contributed by atoms with E-state index in [1.54, 1.807) is 0 Å². The molecular weight excluding hydrogens is 358 g/mol. The summed E-state index contributed by atoms with van der Waals surface area (Å²) in [5, 5.41) is 19.2. The molecule has 1 rings (SSSR count). The fourth-order valence-electron chi connectivity index (χ4n) is 0.988. The van der Waals surface area contributed by atoms with Crippen LogP contribution in [0.15, 0.2) is 20.0 Å². The van der Waals surface area contributed by atoms with E-state index in [9.17, 15) is 15.0 Å². The van der Waals surface area contributed by atoms with Crippen molar-refractivity contribution in [3.05, 3.63) is 20.6 Å². The number of phenols is 2. The Morgan fingerprint density at radius 2 is 2.12 bits per heavy atom. The number of carbonyl (C=O) groups is 1. The zero-order valence-corrected chi connectivity index (χ0v) is 11.6. The molecule has 6 nitrogen and oxygen atoms in total. The van der Waals surface area contributed by atoms with Gasteiger partial charge in [0.25, 0.3) is 5.91 Å². The molecule has 0 saturated carbocycles. The molecule has 0 spiro atoms. The molecule has 0 aliphatic rings. The summed E-state index contributed by atoms with van der Waals surface area (Å²) < 4.78 is 0.545. The molecule has 0 fully saturated rings. The third-order valence-corrected chi connectivity index (χ3v) is 3.18. The second-order valence-corrected chi connectivity index (χ2v) is 4.64. The maximum Gasteiger partial charge on any atom is 0.255 e. The van der Waals surface area contributed by atoms with Crippen LogP contribution in [0.2, 0.25) is 0 Å². The average Bonchev–Trinajstić information content (AvgIpc) is 2.32. The van der Waals surface area contributed by atoms with Gasteiger partial charge in [0.1, 0.15) is 22.5 Å². The number of hydrogen-bond donors (Lipinski definition) is 4. The quantitative estimate of drug-likeness (QED) is 0.277. The Morgan fingerprint density at radius 3 is 2.71 bits per heavy atom. The first-order valence-corrected chi connectivity index (χ1v) is 5.95. The number of nitrogens with two attached hydrogens (primary N) is 1. The number of aliphatic imine (C=N–C) groups is 1. The lowest BCUT2D eigenvalue weighted by Gasteiger charge is -2.06. The van der Waals surface area contributed by atoms with Gasteiger partial charge in [0, 0.05) is 11.8 Å². The van der Waals surface area contributed by atoms with Crippen LogP contribution < -0.4 is 11.3 Å². The van der Waals surface area contributed by atoms with Crippen LogP contribution in [0.1, 0.15) is 5.56 Å². The zero-order valence-electron chi connectivity index (χ0n) is 8.44. The van der Waals surface area contributed by atoms with Gasteiger partial charge in [-0.05, 0) is 37.9 Å². The summed E-state index contributed by atoms with van der Waals surface area (Å²) in [6.45, 7) is -0.147. The maximum atomic E-state index is 10.8. The summed E-state index contributed by atoms with van der Waals surface area (Å²) in [5.74, 6) is 4.16. The topological polar surface area (TPSA) is 108 Å². The van der Waals surface area contributed by atoms with Gasteiger partial charge in [0.15, 0.2) is 0 Å². The normalized spacial score (nSPS) is 10.8. The molecule has 92 valence electrons. The number of nitrogens with zero attached hydrogens (tertiary/aromatic N) is 1. The summed E-state index contributed by atoms with van der Waals surface area (Å²) in [6, 6.07) is 1.47. The van der Waals surface area contributed by atoms with Gasteiger partial charge >= 0.3 is 0 Å². The van der Waals surface area contributed by atoms with Gasteiger partial charge in [0.05, 0.1) is 4.47 Å². The highest BCUT2D eigenvalue weighted by molar-refractivity contribution is 9.11. The molecule has 1 aromatic rings. The van der Waals surface area contributed by atoms with Crippen molar-refractivity contribution >= 4 is 44.0 Å². The van der Waals surface area contributed by atoms with E-state index < -0.39 is 5.91 Å². The molecule has 0 radical (unpaired) electrons. The largest absolute Gasteiger partial charge is 0.506 e. The van der Waals surface area contributed by atoms with Crippen LogP contribution in [0.5, 0.6) is 11.5 Å². The molecule has 0 unspecified atom stereocenters. The minimum absolute atomic E-state index is 0.112. The van der Waals surface area contributed by atoms with Crippen molar-refractivity contribution in [2.45, 2.75) is 0 Å². The van der Waals surface area contributed by atoms with Crippen molar-refractivity contribution in [3.8, 4) is 11.5 Å². The van der Waals surface area contributed by atoms with Gasteiger partial charge in [-0.2, -0.15) is 0 Å². The monoisotopic (exact) mass is 365 g/mol. The highest BCUT2D eigenvalue weighted by atomic mass is 79.9. The predicted molar refractivity (Wildman–Crippen MR) is 70.0 cm³/mol. The lowest BCUT2D eigenvalue weighted by atomic mass is 10.2. The molecule has 0 atom stereocenters. The van der Waals surface area contributed by atoms with E-state index in [0.29, 0.717) is 10.0 Å². The molecule has 0 aliphatic heterocycles. The van der Waals surface area contributed by atoms with Gasteiger partial charge in [-0.25, -0.2) is 5.84 Å². The lowest BCUT2D eigenvalue weighted by molar-refractivity contribution is -0.119. The van der Waals surface area contributed by atoms with Gasteiger partial charge < -0.3 is 10.2 Å². The number of amides is 1. The summed E-state index contributed by atoms with van der Waals surface area (Å²) in [7, 11) is 0. The van der Waals surface area contributed by atoms with Crippen LogP contribution in [0.4, 0.5) is 0 Å². The van der Waals surface area contributed by atoms with Crippen molar-refractivity contribution < 1.29 is 15.0 Å². The van der Waals surface area contributed by atoms with Gasteiger partial charge in [-0.3, -0.25) is 15.2 Å². The average molecular weight is 367 g/mol. The first-order chi connectivity index (χ1) is 7.97. The van der Waals surface area contributed by atoms with Crippen LogP contribution >= 0.6 is 31.9 Å². The summed E-state index contributed by atoms with van der Waals surface area (Å²) >= 11 is 6.14. The number of halogens is 2. The van der Waals surface area contributed by atoms with E-state index >= 15 is 0 Å². The second-order valence-electron chi connectivity index (χ2n) is 3.00. The maximum absolute atomic E-state index is 10.8. The first kappa shape index (κ1) is 13.9. The molecule has 1 amide bonds. The molecule has 0 aliphatic carbocycles. The second kappa shape index (κ2) is 5.99. The number of rotatable bonds is 3.